The highest BCUT2D eigenvalue weighted by Gasteiger charge is 2.62. The maximum absolute atomic E-state index is 12.0. The SMILES string of the molecule is CC1=C2[C@H]3O[C@@H](CN(C)C)O[C@H]3[C@]3(C)CCC4OCC4/C3=C/[C@](O)(CC1)C2(C)C. The average Bonchev–Trinajstić information content (AvgIpc) is 2.98. The van der Waals surface area contributed by atoms with Crippen molar-refractivity contribution < 1.29 is 19.3 Å². The summed E-state index contributed by atoms with van der Waals surface area (Å²) in [6.07, 6.45) is 5.94. The molecule has 1 N–H and O–H groups in total. The van der Waals surface area contributed by atoms with Crippen LogP contribution in [0.1, 0.15) is 53.4 Å². The highest BCUT2D eigenvalue weighted by molar-refractivity contribution is 5.42. The summed E-state index contributed by atoms with van der Waals surface area (Å²) in [5, 5.41) is 12.0. The summed E-state index contributed by atoms with van der Waals surface area (Å²) in [7, 11) is 4.12. The number of hydrogen-bond donors (Lipinski definition) is 1. The van der Waals surface area contributed by atoms with Crippen molar-refractivity contribution in [2.75, 3.05) is 27.2 Å². The van der Waals surface area contributed by atoms with Crippen molar-refractivity contribution in [3.8, 4) is 0 Å². The number of ether oxygens (including phenoxy) is 3. The molecule has 0 radical (unpaired) electrons. The van der Waals surface area contributed by atoms with Crippen LogP contribution in [0.4, 0.5) is 0 Å². The lowest BCUT2D eigenvalue weighted by Gasteiger charge is -2.58. The zero-order chi connectivity index (χ0) is 20.8. The number of aliphatic hydroxyl groups is 1. The van der Waals surface area contributed by atoms with E-state index in [1.165, 1.54) is 16.7 Å². The second kappa shape index (κ2) is 6.39. The number of hydrogen-bond acceptors (Lipinski definition) is 5. The van der Waals surface area contributed by atoms with Gasteiger partial charge in [0, 0.05) is 23.3 Å². The molecule has 0 aromatic rings. The van der Waals surface area contributed by atoms with E-state index in [4.69, 9.17) is 14.2 Å². The molecule has 3 aliphatic carbocycles. The highest BCUT2D eigenvalue weighted by atomic mass is 16.7. The van der Waals surface area contributed by atoms with Gasteiger partial charge in [0.2, 0.25) is 0 Å². The van der Waals surface area contributed by atoms with Crippen LogP contribution in [-0.2, 0) is 14.2 Å². The summed E-state index contributed by atoms with van der Waals surface area (Å²) in [4.78, 5) is 2.13. The third kappa shape index (κ3) is 2.71. The standard InChI is InChI=1S/C24H37NO4/c1-14-7-10-24(26)11-16-15-13-27-17(15)8-9-23(16,4)21-20(19(14)22(24,2)3)28-18(29-21)12-25(5)6/h11,15,17-18,20-21,26H,7-10,12-13H2,1-6H3/b16-11-/t15?,17?,18-,20-,21-,23-,24-/m1/s1. The molecular formula is C24H37NO4. The molecule has 0 amide bonds. The van der Waals surface area contributed by atoms with Gasteiger partial charge in [0.25, 0.3) is 0 Å². The molecule has 0 aromatic carbocycles. The first-order valence-electron chi connectivity index (χ1n) is 11.3. The molecule has 7 atom stereocenters. The molecule has 0 aromatic heterocycles. The zero-order valence-corrected chi connectivity index (χ0v) is 18.8. The van der Waals surface area contributed by atoms with Gasteiger partial charge in [0.05, 0.1) is 24.4 Å². The van der Waals surface area contributed by atoms with Crippen LogP contribution in [0.25, 0.3) is 0 Å². The molecule has 5 heteroatoms. The fourth-order valence-corrected chi connectivity index (χ4v) is 6.78. The Morgan fingerprint density at radius 3 is 2.59 bits per heavy atom. The van der Waals surface area contributed by atoms with E-state index >= 15 is 0 Å². The Labute approximate surface area is 175 Å². The first-order valence-corrected chi connectivity index (χ1v) is 11.3. The maximum atomic E-state index is 12.0. The van der Waals surface area contributed by atoms with Gasteiger partial charge in [-0.25, -0.2) is 0 Å². The van der Waals surface area contributed by atoms with Crippen LogP contribution < -0.4 is 0 Å². The van der Waals surface area contributed by atoms with Crippen molar-refractivity contribution in [2.24, 2.45) is 16.7 Å². The van der Waals surface area contributed by atoms with E-state index in [1.54, 1.807) is 0 Å². The summed E-state index contributed by atoms with van der Waals surface area (Å²) in [6.45, 7) is 10.5. The summed E-state index contributed by atoms with van der Waals surface area (Å²) < 4.78 is 19.2. The molecule has 2 aliphatic heterocycles. The molecule has 5 aliphatic rings. The third-order valence-electron chi connectivity index (χ3n) is 8.74. The highest BCUT2D eigenvalue weighted by Crippen LogP contribution is 2.61. The molecule has 2 saturated heterocycles. The van der Waals surface area contributed by atoms with Crippen LogP contribution >= 0.6 is 0 Å². The van der Waals surface area contributed by atoms with Crippen LogP contribution in [0.2, 0.25) is 0 Å². The van der Waals surface area contributed by atoms with Crippen molar-refractivity contribution in [3.05, 3.63) is 22.8 Å². The van der Waals surface area contributed by atoms with E-state index in [0.29, 0.717) is 12.0 Å². The lowest BCUT2D eigenvalue weighted by Crippen LogP contribution is -2.60. The van der Waals surface area contributed by atoms with Gasteiger partial charge in [-0.2, -0.15) is 0 Å². The Balaban J connectivity index is 1.69. The number of fused-ring (bicyclic) bond motifs is 8. The van der Waals surface area contributed by atoms with Gasteiger partial charge in [-0.05, 0) is 52.3 Å². The molecule has 29 heavy (non-hydrogen) atoms. The van der Waals surface area contributed by atoms with E-state index in [0.717, 1.165) is 38.8 Å². The van der Waals surface area contributed by atoms with Crippen LogP contribution in [-0.4, -0.2) is 67.5 Å². The fourth-order valence-electron chi connectivity index (χ4n) is 6.78. The van der Waals surface area contributed by atoms with Crippen molar-refractivity contribution in [1.29, 1.82) is 0 Å². The summed E-state index contributed by atoms with van der Waals surface area (Å²) in [6, 6.07) is 0. The monoisotopic (exact) mass is 403 g/mol. The smallest absolute Gasteiger partial charge is 0.171 e. The number of likely N-dealkylation sites (N-methyl/N-ethyl adjacent to an activating group) is 1. The van der Waals surface area contributed by atoms with Crippen molar-refractivity contribution in [3.63, 3.8) is 0 Å². The topological polar surface area (TPSA) is 51.2 Å². The van der Waals surface area contributed by atoms with E-state index in [9.17, 15) is 5.11 Å². The second-order valence-corrected chi connectivity index (χ2v) is 11.1. The third-order valence-corrected chi connectivity index (χ3v) is 8.74. The lowest BCUT2D eigenvalue weighted by atomic mass is 9.52. The van der Waals surface area contributed by atoms with Crippen LogP contribution in [0, 0.1) is 16.7 Å². The Kier molecular flexibility index (Phi) is 4.45. The van der Waals surface area contributed by atoms with Gasteiger partial charge in [0.1, 0.15) is 6.10 Å². The number of rotatable bonds is 2. The van der Waals surface area contributed by atoms with Gasteiger partial charge in [-0.3, -0.25) is 0 Å². The zero-order valence-electron chi connectivity index (χ0n) is 18.8. The lowest BCUT2D eigenvalue weighted by molar-refractivity contribution is -0.149. The predicted molar refractivity (Wildman–Crippen MR) is 111 cm³/mol. The van der Waals surface area contributed by atoms with Gasteiger partial charge in [-0.15, -0.1) is 0 Å². The number of nitrogens with zero attached hydrogens (tertiary/aromatic N) is 1. The van der Waals surface area contributed by atoms with E-state index < -0.39 is 5.60 Å². The molecule has 3 fully saturated rings. The Morgan fingerprint density at radius 1 is 1.17 bits per heavy atom. The van der Waals surface area contributed by atoms with Crippen LogP contribution in [0.5, 0.6) is 0 Å². The minimum Gasteiger partial charge on any atom is -0.385 e. The maximum Gasteiger partial charge on any atom is 0.171 e. The molecule has 5 nitrogen and oxygen atoms in total. The first kappa shape index (κ1) is 20.2. The second-order valence-electron chi connectivity index (χ2n) is 11.1. The molecular weight excluding hydrogens is 366 g/mol. The van der Waals surface area contributed by atoms with Gasteiger partial charge in [-0.1, -0.05) is 38.0 Å². The predicted octanol–water partition coefficient (Wildman–Crippen LogP) is 3.28. The molecule has 2 unspecified atom stereocenters. The van der Waals surface area contributed by atoms with Gasteiger partial charge in [0.15, 0.2) is 6.29 Å². The van der Waals surface area contributed by atoms with Gasteiger partial charge >= 0.3 is 0 Å². The quantitative estimate of drug-likeness (QED) is 0.717. The fraction of sp³-hybridized carbons (Fsp3) is 0.833. The molecule has 0 spiro atoms. The molecule has 5 rings (SSSR count). The van der Waals surface area contributed by atoms with Crippen molar-refractivity contribution in [2.45, 2.75) is 83.6 Å². The Hall–Kier alpha value is -0.720. The first-order chi connectivity index (χ1) is 13.6. The van der Waals surface area contributed by atoms with E-state index in [-0.39, 0.29) is 29.3 Å². The summed E-state index contributed by atoms with van der Waals surface area (Å²) in [5.41, 5.74) is 2.61. The minimum atomic E-state index is -0.857. The van der Waals surface area contributed by atoms with Crippen molar-refractivity contribution in [1.82, 2.24) is 4.90 Å². The van der Waals surface area contributed by atoms with Gasteiger partial charge < -0.3 is 24.2 Å². The molecule has 2 bridgehead atoms. The largest absolute Gasteiger partial charge is 0.385 e. The molecule has 1 saturated carbocycles. The number of allylic oxidation sites excluding steroid dienone is 1. The normalized spacial score (nSPS) is 49.9. The molecule has 162 valence electrons. The van der Waals surface area contributed by atoms with E-state index in [2.05, 4.69) is 52.8 Å². The van der Waals surface area contributed by atoms with Crippen LogP contribution in [0.3, 0.4) is 0 Å². The summed E-state index contributed by atoms with van der Waals surface area (Å²) >= 11 is 0. The molecule has 2 heterocycles. The van der Waals surface area contributed by atoms with Crippen molar-refractivity contribution >= 4 is 0 Å². The van der Waals surface area contributed by atoms with Crippen LogP contribution in [0.15, 0.2) is 22.8 Å². The Bertz CT molecular complexity index is 771. The minimum absolute atomic E-state index is 0.0212. The Morgan fingerprint density at radius 2 is 1.93 bits per heavy atom. The van der Waals surface area contributed by atoms with E-state index in [1.807, 2.05) is 0 Å². The summed E-state index contributed by atoms with van der Waals surface area (Å²) in [5.74, 6) is 0.402. The average molecular weight is 404 g/mol.